The first-order valence-electron chi connectivity index (χ1n) is 5.61. The summed E-state index contributed by atoms with van der Waals surface area (Å²) < 4.78 is 5.15. The van der Waals surface area contributed by atoms with E-state index >= 15 is 0 Å². The summed E-state index contributed by atoms with van der Waals surface area (Å²) in [6.45, 7) is 4.89. The predicted octanol–water partition coefficient (Wildman–Crippen LogP) is 0.831. The van der Waals surface area contributed by atoms with Gasteiger partial charge in [-0.1, -0.05) is 0 Å². The lowest BCUT2D eigenvalue weighted by Gasteiger charge is -2.30. The Morgan fingerprint density at radius 3 is 2.35 bits per heavy atom. The molecule has 6 heteroatoms. The minimum absolute atomic E-state index is 0.247. The summed E-state index contributed by atoms with van der Waals surface area (Å²) in [6.07, 6.45) is 0.147. The second-order valence-corrected chi connectivity index (χ2v) is 5.16. The fourth-order valence-corrected chi connectivity index (χ4v) is 1.90. The zero-order valence-corrected chi connectivity index (χ0v) is 10.3. The number of ether oxygens (including phenoxy) is 1. The van der Waals surface area contributed by atoms with Crippen molar-refractivity contribution in [2.24, 2.45) is 0 Å². The summed E-state index contributed by atoms with van der Waals surface area (Å²) in [5, 5.41) is 18.2. The van der Waals surface area contributed by atoms with E-state index in [4.69, 9.17) is 14.9 Å². The second-order valence-electron chi connectivity index (χ2n) is 5.16. The van der Waals surface area contributed by atoms with Crippen molar-refractivity contribution in [1.29, 1.82) is 0 Å². The molecule has 1 amide bonds. The van der Waals surface area contributed by atoms with Crippen molar-refractivity contribution in [3.63, 3.8) is 0 Å². The van der Waals surface area contributed by atoms with Gasteiger partial charge in [0.05, 0.1) is 12.6 Å². The first kappa shape index (κ1) is 13.8. The molecule has 6 nitrogen and oxygen atoms in total. The van der Waals surface area contributed by atoms with Crippen LogP contribution in [0.1, 0.15) is 33.6 Å². The molecule has 0 aromatic heterocycles. The summed E-state index contributed by atoms with van der Waals surface area (Å²) in [5.41, 5.74) is -0.678. The van der Waals surface area contributed by atoms with Crippen LogP contribution in [0.5, 0.6) is 0 Å². The van der Waals surface area contributed by atoms with Crippen LogP contribution in [-0.4, -0.2) is 51.5 Å². The highest BCUT2D eigenvalue weighted by atomic mass is 16.6. The first-order chi connectivity index (χ1) is 7.76. The number of carbonyl (C=O) groups excluding carboxylic acids is 1. The van der Waals surface area contributed by atoms with Gasteiger partial charge in [0.2, 0.25) is 0 Å². The number of aliphatic hydroxyl groups excluding tert-OH is 1. The SMILES string of the molecule is CC(C)(C)OC(=O)N1C(CO)CCC1C(=O)O. The van der Waals surface area contributed by atoms with E-state index in [1.807, 2.05) is 0 Å². The van der Waals surface area contributed by atoms with Crippen LogP contribution >= 0.6 is 0 Å². The number of hydrogen-bond acceptors (Lipinski definition) is 4. The molecule has 0 aromatic carbocycles. The molecular formula is C11H19NO5. The van der Waals surface area contributed by atoms with E-state index in [1.54, 1.807) is 20.8 Å². The average Bonchev–Trinajstić information content (AvgIpc) is 2.57. The summed E-state index contributed by atoms with van der Waals surface area (Å²) in [6, 6.07) is -1.37. The van der Waals surface area contributed by atoms with Gasteiger partial charge in [0.25, 0.3) is 0 Å². The van der Waals surface area contributed by atoms with Crippen LogP contribution in [0, 0.1) is 0 Å². The van der Waals surface area contributed by atoms with Crippen molar-refractivity contribution in [3.8, 4) is 0 Å². The number of aliphatic carboxylic acids is 1. The topological polar surface area (TPSA) is 87.1 Å². The van der Waals surface area contributed by atoms with Crippen LogP contribution in [0.25, 0.3) is 0 Å². The van der Waals surface area contributed by atoms with Crippen LogP contribution < -0.4 is 0 Å². The summed E-state index contributed by atoms with van der Waals surface area (Å²) in [7, 11) is 0. The van der Waals surface area contributed by atoms with Gasteiger partial charge in [0.1, 0.15) is 11.6 Å². The molecule has 1 aliphatic rings. The monoisotopic (exact) mass is 245 g/mol. The van der Waals surface area contributed by atoms with Gasteiger partial charge in [-0.15, -0.1) is 0 Å². The molecule has 0 radical (unpaired) electrons. The Labute approximate surface area is 100 Å². The minimum Gasteiger partial charge on any atom is -0.480 e. The van der Waals surface area contributed by atoms with Gasteiger partial charge in [-0.3, -0.25) is 4.90 Å². The van der Waals surface area contributed by atoms with Crippen molar-refractivity contribution in [2.45, 2.75) is 51.3 Å². The number of carbonyl (C=O) groups is 2. The number of nitrogens with zero attached hydrogens (tertiary/aromatic N) is 1. The summed E-state index contributed by atoms with van der Waals surface area (Å²) >= 11 is 0. The van der Waals surface area contributed by atoms with Gasteiger partial charge in [-0.2, -0.15) is 0 Å². The lowest BCUT2D eigenvalue weighted by atomic mass is 10.2. The lowest BCUT2D eigenvalue weighted by molar-refractivity contribution is -0.142. The number of aliphatic hydroxyl groups is 1. The average molecular weight is 245 g/mol. The van der Waals surface area contributed by atoms with Gasteiger partial charge in [-0.05, 0) is 33.6 Å². The molecule has 0 spiro atoms. The minimum atomic E-state index is -1.06. The number of carboxylic acids is 1. The Hall–Kier alpha value is -1.30. The molecule has 0 bridgehead atoms. The van der Waals surface area contributed by atoms with Crippen LogP contribution in [0.3, 0.4) is 0 Å². The number of rotatable bonds is 2. The van der Waals surface area contributed by atoms with Gasteiger partial charge >= 0.3 is 12.1 Å². The third-order valence-corrected chi connectivity index (χ3v) is 2.60. The molecule has 2 atom stereocenters. The maximum absolute atomic E-state index is 11.9. The molecule has 1 rings (SSSR count). The highest BCUT2D eigenvalue weighted by Crippen LogP contribution is 2.26. The predicted molar refractivity (Wildman–Crippen MR) is 59.6 cm³/mol. The zero-order valence-electron chi connectivity index (χ0n) is 10.3. The highest BCUT2D eigenvalue weighted by molar-refractivity contribution is 5.81. The van der Waals surface area contributed by atoms with E-state index in [9.17, 15) is 9.59 Å². The van der Waals surface area contributed by atoms with Crippen molar-refractivity contribution in [3.05, 3.63) is 0 Å². The molecule has 2 N–H and O–H groups in total. The van der Waals surface area contributed by atoms with Gasteiger partial charge in [0.15, 0.2) is 0 Å². The molecular weight excluding hydrogens is 226 g/mol. The number of carboxylic acid groups (broad SMARTS) is 1. The molecule has 1 heterocycles. The van der Waals surface area contributed by atoms with E-state index in [0.717, 1.165) is 4.90 Å². The molecule has 0 saturated carbocycles. The maximum Gasteiger partial charge on any atom is 0.411 e. The van der Waals surface area contributed by atoms with E-state index in [0.29, 0.717) is 12.8 Å². The summed E-state index contributed by atoms with van der Waals surface area (Å²) in [4.78, 5) is 24.0. The summed E-state index contributed by atoms with van der Waals surface area (Å²) in [5.74, 6) is -1.06. The quantitative estimate of drug-likeness (QED) is 0.752. The van der Waals surface area contributed by atoms with Gasteiger partial charge in [0, 0.05) is 0 Å². The number of amides is 1. The van der Waals surface area contributed by atoms with E-state index in [-0.39, 0.29) is 6.61 Å². The Balaban J connectivity index is 2.82. The van der Waals surface area contributed by atoms with Crippen LogP contribution in [0.2, 0.25) is 0 Å². The second kappa shape index (κ2) is 4.91. The fourth-order valence-electron chi connectivity index (χ4n) is 1.90. The smallest absolute Gasteiger partial charge is 0.411 e. The van der Waals surface area contributed by atoms with Crippen LogP contribution in [-0.2, 0) is 9.53 Å². The Morgan fingerprint density at radius 1 is 1.35 bits per heavy atom. The molecule has 17 heavy (non-hydrogen) atoms. The highest BCUT2D eigenvalue weighted by Gasteiger charge is 2.42. The van der Waals surface area contributed by atoms with Gasteiger partial charge < -0.3 is 14.9 Å². The van der Waals surface area contributed by atoms with Gasteiger partial charge in [-0.25, -0.2) is 9.59 Å². The first-order valence-corrected chi connectivity index (χ1v) is 5.61. The Morgan fingerprint density at radius 2 is 1.94 bits per heavy atom. The van der Waals surface area contributed by atoms with Crippen molar-refractivity contribution >= 4 is 12.1 Å². The number of hydrogen-bond donors (Lipinski definition) is 2. The number of likely N-dealkylation sites (tertiary alicyclic amines) is 1. The molecule has 1 aliphatic heterocycles. The van der Waals surface area contributed by atoms with Crippen molar-refractivity contribution < 1.29 is 24.5 Å². The fraction of sp³-hybridized carbons (Fsp3) is 0.818. The maximum atomic E-state index is 11.9. The zero-order chi connectivity index (χ0) is 13.2. The van der Waals surface area contributed by atoms with Crippen molar-refractivity contribution in [1.82, 2.24) is 4.90 Å². The molecule has 2 unspecified atom stereocenters. The van der Waals surface area contributed by atoms with Crippen LogP contribution in [0.4, 0.5) is 4.79 Å². The van der Waals surface area contributed by atoms with E-state index < -0.39 is 29.7 Å². The molecule has 0 aliphatic carbocycles. The largest absolute Gasteiger partial charge is 0.480 e. The molecule has 98 valence electrons. The third kappa shape index (κ3) is 3.33. The van der Waals surface area contributed by atoms with E-state index in [2.05, 4.69) is 0 Å². The van der Waals surface area contributed by atoms with E-state index in [1.165, 1.54) is 0 Å². The standard InChI is InChI=1S/C11H19NO5/c1-11(2,3)17-10(16)12-7(6-13)4-5-8(12)9(14)15/h7-8,13H,4-6H2,1-3H3,(H,14,15). The Kier molecular flexibility index (Phi) is 3.98. The molecule has 1 fully saturated rings. The molecule has 1 saturated heterocycles. The van der Waals surface area contributed by atoms with Crippen LogP contribution in [0.15, 0.2) is 0 Å². The lowest BCUT2D eigenvalue weighted by Crippen LogP contribution is -2.48. The normalized spacial score (nSPS) is 24.8. The third-order valence-electron chi connectivity index (χ3n) is 2.60. The Bertz CT molecular complexity index is 309. The van der Waals surface area contributed by atoms with Crippen molar-refractivity contribution in [2.75, 3.05) is 6.61 Å². The molecule has 0 aromatic rings.